The second-order valence-electron chi connectivity index (χ2n) is 8.75. The van der Waals surface area contributed by atoms with E-state index < -0.39 is 0 Å². The largest absolute Gasteiger partial charge is 0.356 e. The van der Waals surface area contributed by atoms with Crippen LogP contribution in [-0.4, -0.2) is 59.2 Å². The smallest absolute Gasteiger partial charge is 0.263 e. The summed E-state index contributed by atoms with van der Waals surface area (Å²) in [6.45, 7) is 6.30. The molecule has 1 aliphatic heterocycles. The number of nitrogens with one attached hydrogen (secondary N) is 1. The van der Waals surface area contributed by atoms with E-state index in [1.807, 2.05) is 18.2 Å². The van der Waals surface area contributed by atoms with Crippen molar-refractivity contribution in [2.24, 2.45) is 0 Å². The molecule has 0 unspecified atom stereocenters. The first-order valence-corrected chi connectivity index (χ1v) is 12.0. The third-order valence-corrected chi connectivity index (χ3v) is 6.11. The Hall–Kier alpha value is -3.00. The summed E-state index contributed by atoms with van der Waals surface area (Å²) in [6.07, 6.45) is 5.18. The van der Waals surface area contributed by atoms with E-state index >= 15 is 0 Å². The minimum Gasteiger partial charge on any atom is -0.356 e. The SMILES string of the molecule is CCc1noc2nc(CCC(=O)NCCN(C)Cc3ccccc3)nc(N3CCCCC3)c12. The summed E-state index contributed by atoms with van der Waals surface area (Å²) in [5, 5.41) is 8.15. The predicted molar refractivity (Wildman–Crippen MR) is 129 cm³/mol. The molecular formula is C25H34N6O2. The maximum atomic E-state index is 12.4. The Morgan fingerprint density at radius 2 is 1.94 bits per heavy atom. The van der Waals surface area contributed by atoms with Gasteiger partial charge in [0, 0.05) is 45.6 Å². The number of carbonyl (C=O) groups excluding carboxylic acids is 1. The number of nitrogens with zero attached hydrogens (tertiary/aromatic N) is 5. The number of anilines is 1. The standard InChI is InChI=1S/C25H34N6O2/c1-3-20-23-24(31-15-8-5-9-16-31)27-21(28-25(23)33-29-20)12-13-22(32)26-14-17-30(2)18-19-10-6-4-7-11-19/h4,6-7,10-11H,3,5,8-9,12-18H2,1-2H3,(H,26,32). The Morgan fingerprint density at radius 3 is 2.70 bits per heavy atom. The van der Waals surface area contributed by atoms with Crippen LogP contribution in [0.15, 0.2) is 34.9 Å². The van der Waals surface area contributed by atoms with Crippen LogP contribution in [0.3, 0.4) is 0 Å². The average Bonchev–Trinajstić information content (AvgIpc) is 3.26. The van der Waals surface area contributed by atoms with Gasteiger partial charge in [0.15, 0.2) is 0 Å². The highest BCUT2D eigenvalue weighted by Gasteiger charge is 2.22. The van der Waals surface area contributed by atoms with Gasteiger partial charge in [-0.05, 0) is 38.3 Å². The van der Waals surface area contributed by atoms with Crippen LogP contribution in [0, 0.1) is 0 Å². The third kappa shape index (κ3) is 6.07. The highest BCUT2D eigenvalue weighted by molar-refractivity contribution is 5.88. The minimum absolute atomic E-state index is 0.0122. The molecule has 1 saturated heterocycles. The molecule has 1 aliphatic rings. The fourth-order valence-corrected chi connectivity index (χ4v) is 4.30. The Labute approximate surface area is 195 Å². The molecule has 0 radical (unpaired) electrons. The number of aryl methyl sites for hydroxylation is 2. The van der Waals surface area contributed by atoms with Gasteiger partial charge >= 0.3 is 0 Å². The number of fused-ring (bicyclic) bond motifs is 1. The zero-order valence-corrected chi connectivity index (χ0v) is 19.7. The van der Waals surface area contributed by atoms with E-state index in [1.165, 1.54) is 12.0 Å². The van der Waals surface area contributed by atoms with Gasteiger partial charge in [0.2, 0.25) is 5.91 Å². The predicted octanol–water partition coefficient (Wildman–Crippen LogP) is 3.35. The molecule has 8 nitrogen and oxygen atoms in total. The van der Waals surface area contributed by atoms with Gasteiger partial charge in [0.05, 0.1) is 5.69 Å². The summed E-state index contributed by atoms with van der Waals surface area (Å²) >= 11 is 0. The van der Waals surface area contributed by atoms with Crippen LogP contribution in [0.5, 0.6) is 0 Å². The maximum Gasteiger partial charge on any atom is 0.263 e. The average molecular weight is 451 g/mol. The van der Waals surface area contributed by atoms with Gasteiger partial charge in [-0.2, -0.15) is 4.98 Å². The lowest BCUT2D eigenvalue weighted by atomic mass is 10.1. The molecule has 8 heteroatoms. The quantitative estimate of drug-likeness (QED) is 0.507. The van der Waals surface area contributed by atoms with E-state index in [2.05, 4.69) is 51.4 Å². The molecule has 0 atom stereocenters. The van der Waals surface area contributed by atoms with Gasteiger partial charge in [-0.15, -0.1) is 0 Å². The molecule has 2 aromatic heterocycles. The number of benzene rings is 1. The summed E-state index contributed by atoms with van der Waals surface area (Å²) in [6, 6.07) is 10.3. The van der Waals surface area contributed by atoms with Gasteiger partial charge in [-0.1, -0.05) is 42.4 Å². The number of hydrogen-bond acceptors (Lipinski definition) is 7. The second-order valence-corrected chi connectivity index (χ2v) is 8.75. The topological polar surface area (TPSA) is 87.4 Å². The summed E-state index contributed by atoms with van der Waals surface area (Å²) in [7, 11) is 2.06. The van der Waals surface area contributed by atoms with E-state index in [0.29, 0.717) is 30.9 Å². The number of aromatic nitrogens is 3. The number of amides is 1. The molecule has 3 heterocycles. The molecular weight excluding hydrogens is 416 g/mol. The number of likely N-dealkylation sites (N-methyl/N-ethyl adjacent to an activating group) is 1. The van der Waals surface area contributed by atoms with Gasteiger partial charge in [-0.3, -0.25) is 4.79 Å². The summed E-state index contributed by atoms with van der Waals surface area (Å²) in [5.74, 6) is 1.56. The van der Waals surface area contributed by atoms with Crippen molar-refractivity contribution in [3.05, 3.63) is 47.4 Å². The highest BCUT2D eigenvalue weighted by Crippen LogP contribution is 2.29. The van der Waals surface area contributed by atoms with Crippen LogP contribution in [0.1, 0.15) is 49.7 Å². The van der Waals surface area contributed by atoms with Crippen LogP contribution in [0.25, 0.3) is 11.1 Å². The molecule has 0 spiro atoms. The molecule has 1 amide bonds. The Balaban J connectivity index is 1.32. The zero-order valence-electron chi connectivity index (χ0n) is 19.7. The van der Waals surface area contributed by atoms with E-state index in [1.54, 1.807) is 0 Å². The summed E-state index contributed by atoms with van der Waals surface area (Å²) < 4.78 is 5.53. The number of piperidine rings is 1. The fraction of sp³-hybridized carbons (Fsp3) is 0.520. The summed E-state index contributed by atoms with van der Waals surface area (Å²) in [4.78, 5) is 26.4. The van der Waals surface area contributed by atoms with Crippen molar-refractivity contribution in [3.8, 4) is 0 Å². The lowest BCUT2D eigenvalue weighted by Gasteiger charge is -2.28. The van der Waals surface area contributed by atoms with E-state index in [9.17, 15) is 4.79 Å². The van der Waals surface area contributed by atoms with Gasteiger partial charge in [-0.25, -0.2) is 4.98 Å². The molecule has 33 heavy (non-hydrogen) atoms. The molecule has 1 N–H and O–H groups in total. The van der Waals surface area contributed by atoms with Crippen LogP contribution in [0.2, 0.25) is 0 Å². The third-order valence-electron chi connectivity index (χ3n) is 6.11. The lowest BCUT2D eigenvalue weighted by molar-refractivity contribution is -0.121. The van der Waals surface area contributed by atoms with Crippen LogP contribution >= 0.6 is 0 Å². The monoisotopic (exact) mass is 450 g/mol. The van der Waals surface area contributed by atoms with Crippen molar-refractivity contribution >= 4 is 22.8 Å². The van der Waals surface area contributed by atoms with Gasteiger partial charge in [0.25, 0.3) is 5.71 Å². The maximum absolute atomic E-state index is 12.4. The van der Waals surface area contributed by atoms with Crippen LogP contribution in [0.4, 0.5) is 5.82 Å². The first-order chi connectivity index (χ1) is 16.1. The Kier molecular flexibility index (Phi) is 7.88. The van der Waals surface area contributed by atoms with E-state index in [-0.39, 0.29) is 5.91 Å². The van der Waals surface area contributed by atoms with Crippen molar-refractivity contribution in [2.75, 3.05) is 38.1 Å². The molecule has 0 saturated carbocycles. The van der Waals surface area contributed by atoms with Gasteiger partial charge < -0.3 is 19.6 Å². The minimum atomic E-state index is 0.0122. The Morgan fingerprint density at radius 1 is 1.15 bits per heavy atom. The lowest BCUT2D eigenvalue weighted by Crippen LogP contribution is -2.33. The van der Waals surface area contributed by atoms with Crippen molar-refractivity contribution in [2.45, 2.75) is 52.0 Å². The van der Waals surface area contributed by atoms with Crippen molar-refractivity contribution in [1.29, 1.82) is 0 Å². The van der Waals surface area contributed by atoms with E-state index in [0.717, 1.165) is 62.3 Å². The van der Waals surface area contributed by atoms with E-state index in [4.69, 9.17) is 9.51 Å². The van der Waals surface area contributed by atoms with Crippen molar-refractivity contribution in [1.82, 2.24) is 25.3 Å². The first kappa shape index (κ1) is 23.2. The fourth-order valence-electron chi connectivity index (χ4n) is 4.30. The molecule has 176 valence electrons. The number of carbonyl (C=O) groups is 1. The normalized spacial score (nSPS) is 14.2. The molecule has 0 bridgehead atoms. The summed E-state index contributed by atoms with van der Waals surface area (Å²) in [5.41, 5.74) is 2.69. The molecule has 3 aromatic rings. The van der Waals surface area contributed by atoms with Crippen LogP contribution < -0.4 is 10.2 Å². The number of rotatable bonds is 10. The van der Waals surface area contributed by atoms with Crippen molar-refractivity contribution in [3.63, 3.8) is 0 Å². The molecule has 4 rings (SSSR count). The van der Waals surface area contributed by atoms with Crippen LogP contribution in [-0.2, 0) is 24.2 Å². The molecule has 0 aliphatic carbocycles. The highest BCUT2D eigenvalue weighted by atomic mass is 16.5. The van der Waals surface area contributed by atoms with Gasteiger partial charge in [0.1, 0.15) is 17.0 Å². The first-order valence-electron chi connectivity index (χ1n) is 12.0. The van der Waals surface area contributed by atoms with Crippen molar-refractivity contribution < 1.29 is 9.32 Å². The Bertz CT molecular complexity index is 1050. The zero-order chi connectivity index (χ0) is 23.0. The molecule has 1 fully saturated rings. The molecule has 1 aromatic carbocycles. The second kappa shape index (κ2) is 11.2. The number of hydrogen-bond donors (Lipinski definition) is 1.